The highest BCUT2D eigenvalue weighted by atomic mass is 16.5. The number of ether oxygens (including phenoxy) is 2. The van der Waals surface area contributed by atoms with E-state index in [1.165, 1.54) is 30.4 Å². The van der Waals surface area contributed by atoms with Crippen molar-refractivity contribution in [3.8, 4) is 11.5 Å². The van der Waals surface area contributed by atoms with Crippen molar-refractivity contribution < 1.29 is 14.3 Å². The van der Waals surface area contributed by atoms with E-state index < -0.39 is 5.41 Å². The van der Waals surface area contributed by atoms with Gasteiger partial charge in [0, 0.05) is 5.41 Å². The molecule has 0 saturated heterocycles. The lowest BCUT2D eigenvalue weighted by Crippen LogP contribution is -2.31. The van der Waals surface area contributed by atoms with Gasteiger partial charge in [-0.1, -0.05) is 63.8 Å². The van der Waals surface area contributed by atoms with Crippen molar-refractivity contribution in [1.82, 2.24) is 0 Å². The molecule has 0 N–H and O–H groups in total. The van der Waals surface area contributed by atoms with Crippen LogP contribution in [0.15, 0.2) is 48.5 Å². The van der Waals surface area contributed by atoms with Gasteiger partial charge in [-0.2, -0.15) is 0 Å². The lowest BCUT2D eigenvalue weighted by Gasteiger charge is -2.39. The van der Waals surface area contributed by atoms with Crippen LogP contribution in [0.1, 0.15) is 104 Å². The SMILES string of the molecule is CCCC(C)(C)Oc1ccc(C2(c3ccc(OC(=O)C(C)(C)CC)cc3)CCCCC2)cc1. The zero-order chi connectivity index (χ0) is 24.1. The molecule has 3 heteroatoms. The van der Waals surface area contributed by atoms with E-state index in [-0.39, 0.29) is 17.0 Å². The van der Waals surface area contributed by atoms with E-state index in [0.717, 1.165) is 37.9 Å². The van der Waals surface area contributed by atoms with Crippen molar-refractivity contribution in [2.75, 3.05) is 0 Å². The van der Waals surface area contributed by atoms with Gasteiger partial charge in [0.15, 0.2) is 0 Å². The lowest BCUT2D eigenvalue weighted by molar-refractivity contribution is -0.144. The number of hydrogen-bond donors (Lipinski definition) is 0. The molecule has 1 saturated carbocycles. The second-order valence-electron chi connectivity index (χ2n) is 10.9. The van der Waals surface area contributed by atoms with Crippen molar-refractivity contribution in [2.45, 2.75) is 104 Å². The number of carbonyl (C=O) groups excluding carboxylic acids is 1. The molecule has 3 nitrogen and oxygen atoms in total. The van der Waals surface area contributed by atoms with Gasteiger partial charge < -0.3 is 9.47 Å². The Morgan fingerprint density at radius 3 is 1.82 bits per heavy atom. The topological polar surface area (TPSA) is 35.5 Å². The third-order valence-electron chi connectivity index (χ3n) is 7.41. The summed E-state index contributed by atoms with van der Waals surface area (Å²) in [7, 11) is 0. The normalized spacial score (nSPS) is 16.3. The molecule has 1 aliphatic rings. The number of hydrogen-bond acceptors (Lipinski definition) is 3. The molecule has 0 amide bonds. The summed E-state index contributed by atoms with van der Waals surface area (Å²) in [4.78, 5) is 12.5. The summed E-state index contributed by atoms with van der Waals surface area (Å²) in [6.45, 7) is 12.4. The summed E-state index contributed by atoms with van der Waals surface area (Å²) in [6.07, 6.45) is 8.90. The first kappa shape index (κ1) is 25.3. The molecule has 0 aliphatic heterocycles. The van der Waals surface area contributed by atoms with E-state index in [0.29, 0.717) is 5.75 Å². The summed E-state index contributed by atoms with van der Waals surface area (Å²) >= 11 is 0. The molecule has 33 heavy (non-hydrogen) atoms. The Morgan fingerprint density at radius 2 is 1.33 bits per heavy atom. The Labute approximate surface area is 200 Å². The molecule has 0 bridgehead atoms. The van der Waals surface area contributed by atoms with E-state index in [2.05, 4.69) is 57.2 Å². The smallest absolute Gasteiger partial charge is 0.316 e. The third kappa shape index (κ3) is 5.99. The molecule has 3 rings (SSSR count). The Bertz CT molecular complexity index is 901. The molecule has 0 radical (unpaired) electrons. The van der Waals surface area contributed by atoms with Gasteiger partial charge in [-0.05, 0) is 88.8 Å². The summed E-state index contributed by atoms with van der Waals surface area (Å²) in [5.74, 6) is 1.38. The molecule has 0 atom stereocenters. The zero-order valence-corrected chi connectivity index (χ0v) is 21.5. The van der Waals surface area contributed by atoms with Crippen molar-refractivity contribution in [3.63, 3.8) is 0 Å². The highest BCUT2D eigenvalue weighted by Crippen LogP contribution is 2.45. The fourth-order valence-corrected chi connectivity index (χ4v) is 4.95. The van der Waals surface area contributed by atoms with Gasteiger partial charge in [-0.15, -0.1) is 0 Å². The minimum Gasteiger partial charge on any atom is -0.488 e. The Hall–Kier alpha value is -2.29. The fraction of sp³-hybridized carbons (Fsp3) is 0.567. The summed E-state index contributed by atoms with van der Waals surface area (Å²) < 4.78 is 11.9. The Morgan fingerprint density at radius 1 is 0.818 bits per heavy atom. The first-order chi connectivity index (χ1) is 15.6. The lowest BCUT2D eigenvalue weighted by atomic mass is 9.65. The van der Waals surface area contributed by atoms with Crippen LogP contribution in [-0.2, 0) is 10.2 Å². The van der Waals surface area contributed by atoms with E-state index in [9.17, 15) is 4.79 Å². The van der Waals surface area contributed by atoms with Crippen LogP contribution in [0, 0.1) is 5.41 Å². The average molecular weight is 451 g/mol. The maximum absolute atomic E-state index is 12.5. The molecule has 2 aromatic carbocycles. The van der Waals surface area contributed by atoms with E-state index in [1.807, 2.05) is 32.9 Å². The zero-order valence-electron chi connectivity index (χ0n) is 21.5. The molecule has 0 aromatic heterocycles. The fourth-order valence-electron chi connectivity index (χ4n) is 4.95. The molecule has 0 unspecified atom stereocenters. The minimum absolute atomic E-state index is 0.000937. The van der Waals surface area contributed by atoms with Gasteiger partial charge in [0.1, 0.15) is 17.1 Å². The van der Waals surface area contributed by atoms with Crippen LogP contribution in [0.25, 0.3) is 0 Å². The molecule has 1 fully saturated rings. The van der Waals surface area contributed by atoms with E-state index >= 15 is 0 Å². The number of esters is 1. The highest BCUT2D eigenvalue weighted by Gasteiger charge is 2.36. The summed E-state index contributed by atoms with van der Waals surface area (Å²) in [5.41, 5.74) is 2.02. The third-order valence-corrected chi connectivity index (χ3v) is 7.41. The minimum atomic E-state index is -0.473. The van der Waals surface area contributed by atoms with Gasteiger partial charge in [-0.25, -0.2) is 0 Å². The van der Waals surface area contributed by atoms with E-state index in [4.69, 9.17) is 9.47 Å². The van der Waals surface area contributed by atoms with Gasteiger partial charge in [0.25, 0.3) is 0 Å². The second-order valence-corrected chi connectivity index (χ2v) is 10.9. The predicted molar refractivity (Wildman–Crippen MR) is 136 cm³/mol. The molecule has 1 aliphatic carbocycles. The van der Waals surface area contributed by atoms with Crippen LogP contribution in [0.3, 0.4) is 0 Å². The molecule has 0 spiro atoms. The Kier molecular flexibility index (Phi) is 7.92. The maximum Gasteiger partial charge on any atom is 0.316 e. The van der Waals surface area contributed by atoms with Crippen molar-refractivity contribution in [1.29, 1.82) is 0 Å². The van der Waals surface area contributed by atoms with Gasteiger partial charge >= 0.3 is 5.97 Å². The van der Waals surface area contributed by atoms with Crippen LogP contribution in [0.5, 0.6) is 11.5 Å². The standard InChI is InChI=1S/C30H42O3/c1-7-20-29(5,6)33-26-18-14-24(15-19-26)30(21-10-9-11-22-30)23-12-16-25(17-13-23)32-27(31)28(3,4)8-2/h12-19H,7-11,20-22H2,1-6H3. The molecule has 2 aromatic rings. The van der Waals surface area contributed by atoms with Crippen molar-refractivity contribution in [2.24, 2.45) is 5.41 Å². The van der Waals surface area contributed by atoms with Gasteiger partial charge in [-0.3, -0.25) is 4.79 Å². The highest BCUT2D eigenvalue weighted by molar-refractivity contribution is 5.78. The Balaban J connectivity index is 1.84. The van der Waals surface area contributed by atoms with Gasteiger partial charge in [0.2, 0.25) is 0 Å². The second kappa shape index (κ2) is 10.3. The van der Waals surface area contributed by atoms with Crippen LogP contribution in [0.4, 0.5) is 0 Å². The summed E-state index contributed by atoms with van der Waals surface area (Å²) in [5, 5.41) is 0. The quantitative estimate of drug-likeness (QED) is 0.285. The van der Waals surface area contributed by atoms with Crippen LogP contribution in [-0.4, -0.2) is 11.6 Å². The first-order valence-corrected chi connectivity index (χ1v) is 12.7. The van der Waals surface area contributed by atoms with Crippen molar-refractivity contribution >= 4 is 5.97 Å². The monoisotopic (exact) mass is 450 g/mol. The average Bonchev–Trinajstić information content (AvgIpc) is 2.80. The predicted octanol–water partition coefficient (Wildman–Crippen LogP) is 8.24. The first-order valence-electron chi connectivity index (χ1n) is 12.7. The maximum atomic E-state index is 12.5. The number of rotatable bonds is 9. The van der Waals surface area contributed by atoms with E-state index in [1.54, 1.807) is 0 Å². The van der Waals surface area contributed by atoms with Crippen LogP contribution < -0.4 is 9.47 Å². The molecular weight excluding hydrogens is 408 g/mol. The summed E-state index contributed by atoms with van der Waals surface area (Å²) in [6, 6.07) is 17.0. The van der Waals surface area contributed by atoms with Gasteiger partial charge in [0.05, 0.1) is 5.41 Å². The van der Waals surface area contributed by atoms with Crippen LogP contribution >= 0.6 is 0 Å². The number of benzene rings is 2. The molecule has 180 valence electrons. The molecular formula is C30H42O3. The molecule has 0 heterocycles. The number of carbonyl (C=O) groups is 1. The van der Waals surface area contributed by atoms with Crippen LogP contribution in [0.2, 0.25) is 0 Å². The van der Waals surface area contributed by atoms with Crippen molar-refractivity contribution in [3.05, 3.63) is 59.7 Å². The largest absolute Gasteiger partial charge is 0.488 e.